The van der Waals surface area contributed by atoms with Gasteiger partial charge >= 0.3 is 23.1 Å². The molecular weight excluding hydrogens is 124 g/mol. The van der Waals surface area contributed by atoms with Crippen molar-refractivity contribution in [3.05, 3.63) is 19.8 Å². The molecular formula is C4H7ClMgO. The minimum absolute atomic E-state index is 0. The van der Waals surface area contributed by atoms with Crippen molar-refractivity contribution < 1.29 is 17.1 Å². The Balaban J connectivity index is -0.0000000800. The molecule has 0 saturated carbocycles. The number of hydrogen-bond acceptors (Lipinski definition) is 1. The van der Waals surface area contributed by atoms with E-state index in [1.807, 2.05) is 0 Å². The summed E-state index contributed by atoms with van der Waals surface area (Å²) in [5.74, 6) is 0. The van der Waals surface area contributed by atoms with Gasteiger partial charge in [0.1, 0.15) is 0 Å². The zero-order valence-corrected chi connectivity index (χ0v) is 6.36. The first-order valence-electron chi connectivity index (χ1n) is 1.39. The molecule has 0 aliphatic carbocycles. The first-order valence-corrected chi connectivity index (χ1v) is 1.39. The molecule has 0 aromatic carbocycles. The van der Waals surface area contributed by atoms with E-state index in [0.717, 1.165) is 0 Å². The smallest absolute Gasteiger partial charge is 1.00 e. The van der Waals surface area contributed by atoms with E-state index < -0.39 is 0 Å². The van der Waals surface area contributed by atoms with Gasteiger partial charge in [0.05, 0.1) is 0 Å². The maximum atomic E-state index is 4.32. The second-order valence-electron chi connectivity index (χ2n) is 0.659. The van der Waals surface area contributed by atoms with Gasteiger partial charge in [-0.15, -0.1) is 6.58 Å². The van der Waals surface area contributed by atoms with Gasteiger partial charge < -0.3 is 17.1 Å². The van der Waals surface area contributed by atoms with Crippen LogP contribution in [0, 0.1) is 7.11 Å². The van der Waals surface area contributed by atoms with Gasteiger partial charge in [-0.3, -0.25) is 0 Å². The molecule has 0 heterocycles. The molecule has 0 unspecified atom stereocenters. The van der Waals surface area contributed by atoms with E-state index in [1.54, 1.807) is 6.08 Å². The van der Waals surface area contributed by atoms with E-state index in [-0.39, 0.29) is 35.5 Å². The summed E-state index contributed by atoms with van der Waals surface area (Å²) in [6.07, 6.45) is 1.65. The van der Waals surface area contributed by atoms with E-state index in [9.17, 15) is 0 Å². The van der Waals surface area contributed by atoms with Crippen molar-refractivity contribution in [2.24, 2.45) is 0 Å². The Morgan fingerprint density at radius 3 is 2.14 bits per heavy atom. The fraction of sp³-hybridized carbons (Fsp3) is 0.250. The molecule has 0 spiro atoms. The number of hydrogen-bond donors (Lipinski definition) is 0. The van der Waals surface area contributed by atoms with Gasteiger partial charge in [0.25, 0.3) is 0 Å². The fourth-order valence-electron chi connectivity index (χ4n) is 0.0833. The monoisotopic (exact) mass is 130 g/mol. The molecule has 0 saturated heterocycles. The summed E-state index contributed by atoms with van der Waals surface area (Å²) in [7, 11) is 3.10. The summed E-state index contributed by atoms with van der Waals surface area (Å²) in [6, 6.07) is 0. The molecule has 0 rings (SSSR count). The third-order valence-electron chi connectivity index (χ3n) is 0.236. The summed E-state index contributed by atoms with van der Waals surface area (Å²) in [6.45, 7) is 3.93. The zero-order chi connectivity index (χ0) is 4.12. The molecule has 7 heavy (non-hydrogen) atoms. The van der Waals surface area contributed by atoms with Gasteiger partial charge in [-0.05, 0) is 0 Å². The zero-order valence-electron chi connectivity index (χ0n) is 4.19. The van der Waals surface area contributed by atoms with Crippen molar-refractivity contribution in [1.29, 1.82) is 0 Å². The van der Waals surface area contributed by atoms with Gasteiger partial charge in [0.2, 0.25) is 0 Å². The quantitative estimate of drug-likeness (QED) is 0.230. The van der Waals surface area contributed by atoms with Gasteiger partial charge in [0, 0.05) is 6.61 Å². The summed E-state index contributed by atoms with van der Waals surface area (Å²) < 4.78 is 4.32. The molecule has 0 aromatic heterocycles. The minimum atomic E-state index is 0. The molecule has 0 bridgehead atoms. The van der Waals surface area contributed by atoms with E-state index in [0.29, 0.717) is 6.61 Å². The third-order valence-corrected chi connectivity index (χ3v) is 0.236. The van der Waals surface area contributed by atoms with E-state index in [2.05, 4.69) is 18.4 Å². The van der Waals surface area contributed by atoms with Crippen molar-refractivity contribution in [3.8, 4) is 0 Å². The summed E-state index contributed by atoms with van der Waals surface area (Å²) in [5, 5.41) is 0. The van der Waals surface area contributed by atoms with Crippen LogP contribution in [0.3, 0.4) is 0 Å². The molecule has 0 aliphatic rings. The number of halogens is 1. The molecule has 38 valence electrons. The first kappa shape index (κ1) is 15.7. The van der Waals surface area contributed by atoms with Crippen molar-refractivity contribution in [1.82, 2.24) is 0 Å². The second kappa shape index (κ2) is 15.9. The molecule has 1 nitrogen and oxygen atoms in total. The average Bonchev–Trinajstić information content (AvgIpc) is 1.41. The molecule has 0 aliphatic heterocycles. The van der Waals surface area contributed by atoms with Crippen molar-refractivity contribution >= 4 is 23.1 Å². The molecule has 0 N–H and O–H groups in total. The van der Waals surface area contributed by atoms with Crippen LogP contribution in [0.25, 0.3) is 0 Å². The Labute approximate surface area is 66.7 Å². The summed E-state index contributed by atoms with van der Waals surface area (Å²) >= 11 is 0. The van der Waals surface area contributed by atoms with Crippen molar-refractivity contribution in [2.45, 2.75) is 0 Å². The van der Waals surface area contributed by atoms with Crippen LogP contribution >= 0.6 is 0 Å². The number of ether oxygens (including phenoxy) is 1. The van der Waals surface area contributed by atoms with Gasteiger partial charge in [-0.2, -0.15) is 0 Å². The maximum Gasteiger partial charge on any atom is 2.00 e. The Bertz CT molecular complexity index is 32.9. The largest absolute Gasteiger partial charge is 2.00 e. The third kappa shape index (κ3) is 20.1. The van der Waals surface area contributed by atoms with Crippen LogP contribution in [0.1, 0.15) is 0 Å². The Morgan fingerprint density at radius 1 is 1.71 bits per heavy atom. The van der Waals surface area contributed by atoms with Crippen LogP contribution < -0.4 is 12.4 Å². The van der Waals surface area contributed by atoms with Gasteiger partial charge in [-0.25, -0.2) is 7.11 Å². The predicted molar refractivity (Wildman–Crippen MR) is 27.3 cm³/mol. The maximum absolute atomic E-state index is 4.32. The predicted octanol–water partition coefficient (Wildman–Crippen LogP) is -2.40. The minimum Gasteiger partial charge on any atom is -1.00 e. The second-order valence-corrected chi connectivity index (χ2v) is 0.659. The normalized spacial score (nSPS) is 5.29. The van der Waals surface area contributed by atoms with E-state index in [1.165, 1.54) is 0 Å². The Kier molecular flexibility index (Phi) is 35.5. The summed E-state index contributed by atoms with van der Waals surface area (Å²) in [5.41, 5.74) is 0. The fourth-order valence-corrected chi connectivity index (χ4v) is 0.0833. The topological polar surface area (TPSA) is 9.23 Å². The van der Waals surface area contributed by atoms with E-state index in [4.69, 9.17) is 0 Å². The van der Waals surface area contributed by atoms with Gasteiger partial charge in [0.15, 0.2) is 0 Å². The SMILES string of the molecule is C=CCO[CH2-].[Cl-].[Mg+2]. The van der Waals surface area contributed by atoms with Crippen molar-refractivity contribution in [2.75, 3.05) is 6.61 Å². The van der Waals surface area contributed by atoms with Crippen LogP contribution in [-0.4, -0.2) is 29.7 Å². The summed E-state index contributed by atoms with van der Waals surface area (Å²) in [4.78, 5) is 0. The van der Waals surface area contributed by atoms with Crippen LogP contribution in [0.5, 0.6) is 0 Å². The first-order chi connectivity index (χ1) is 2.41. The van der Waals surface area contributed by atoms with Crippen LogP contribution in [-0.2, 0) is 4.74 Å². The number of rotatable bonds is 2. The standard InChI is InChI=1S/C4H7O.ClH.Mg/c1-3-4-5-2;;/h3H,1-2,4H2;1H;/q-1;;+2/p-1. The molecule has 0 fully saturated rings. The molecule has 0 atom stereocenters. The average molecular weight is 131 g/mol. The molecule has 0 aromatic rings. The van der Waals surface area contributed by atoms with Crippen LogP contribution in [0.4, 0.5) is 0 Å². The molecule has 0 radical (unpaired) electrons. The van der Waals surface area contributed by atoms with Crippen LogP contribution in [0.15, 0.2) is 12.7 Å². The Morgan fingerprint density at radius 2 is 2.14 bits per heavy atom. The molecule has 3 heteroatoms. The molecule has 0 amide bonds. The van der Waals surface area contributed by atoms with Gasteiger partial charge in [-0.1, -0.05) is 6.08 Å². The Hall–Kier alpha value is 0.756. The van der Waals surface area contributed by atoms with Crippen molar-refractivity contribution in [3.63, 3.8) is 0 Å². The van der Waals surface area contributed by atoms with E-state index >= 15 is 0 Å². The van der Waals surface area contributed by atoms with Crippen LogP contribution in [0.2, 0.25) is 0 Å².